The summed E-state index contributed by atoms with van der Waals surface area (Å²) in [6, 6.07) is 6.06. The lowest BCUT2D eigenvalue weighted by molar-refractivity contribution is -0.128. The maximum absolute atomic E-state index is 12.7. The largest absolute Gasteiger partial charge is 0.351 e. The average molecular weight is 344 g/mol. The minimum absolute atomic E-state index is 0.0186. The molecule has 25 heavy (non-hydrogen) atoms. The third kappa shape index (κ3) is 5.07. The normalized spacial score (nSPS) is 18.6. The zero-order valence-corrected chi connectivity index (χ0v) is 16.7. The van der Waals surface area contributed by atoms with Gasteiger partial charge in [-0.05, 0) is 51.2 Å². The number of rotatable bonds is 4. The van der Waals surface area contributed by atoms with Gasteiger partial charge in [-0.2, -0.15) is 0 Å². The van der Waals surface area contributed by atoms with Gasteiger partial charge in [0.2, 0.25) is 11.8 Å². The van der Waals surface area contributed by atoms with Crippen molar-refractivity contribution < 1.29 is 9.59 Å². The molecule has 1 atom stereocenters. The van der Waals surface area contributed by atoms with Crippen molar-refractivity contribution in [2.75, 3.05) is 11.4 Å². The molecule has 1 heterocycles. The molecule has 0 aromatic heterocycles. The Kier molecular flexibility index (Phi) is 5.31. The zero-order chi connectivity index (χ0) is 19.0. The van der Waals surface area contributed by atoms with E-state index in [0.717, 1.165) is 17.7 Å². The summed E-state index contributed by atoms with van der Waals surface area (Å²) in [5.41, 5.74) is 3.01. The fraction of sp³-hybridized carbons (Fsp3) is 0.619. The van der Waals surface area contributed by atoms with Crippen molar-refractivity contribution in [3.05, 3.63) is 29.3 Å². The molecule has 0 radical (unpaired) electrons. The second-order valence-corrected chi connectivity index (χ2v) is 9.31. The molecule has 2 rings (SSSR count). The van der Waals surface area contributed by atoms with E-state index in [2.05, 4.69) is 46.0 Å². The first-order valence-corrected chi connectivity index (χ1v) is 9.08. The second-order valence-electron chi connectivity index (χ2n) is 9.31. The van der Waals surface area contributed by atoms with Gasteiger partial charge in [0.15, 0.2) is 0 Å². The van der Waals surface area contributed by atoms with Crippen molar-refractivity contribution in [1.29, 1.82) is 0 Å². The second kappa shape index (κ2) is 6.81. The Balaban J connectivity index is 2.08. The van der Waals surface area contributed by atoms with Gasteiger partial charge in [-0.3, -0.25) is 9.59 Å². The number of benzene rings is 1. The standard InChI is InChI=1S/C21H32N2O2/c1-14-8-9-17(15(2)10-14)23-12-16(11-18(23)24)19(25)22-21(6,7)13-20(3,4)5/h8-10,16H,11-13H2,1-7H3,(H,22,25). The van der Waals surface area contributed by atoms with E-state index >= 15 is 0 Å². The highest BCUT2D eigenvalue weighted by Gasteiger charge is 2.38. The summed E-state index contributed by atoms with van der Waals surface area (Å²) in [4.78, 5) is 26.9. The molecule has 4 nitrogen and oxygen atoms in total. The quantitative estimate of drug-likeness (QED) is 0.898. The van der Waals surface area contributed by atoms with E-state index in [1.165, 1.54) is 5.56 Å². The Labute approximate surface area is 152 Å². The van der Waals surface area contributed by atoms with Gasteiger partial charge >= 0.3 is 0 Å². The maximum atomic E-state index is 12.7. The number of nitrogens with one attached hydrogen (secondary N) is 1. The van der Waals surface area contributed by atoms with Crippen molar-refractivity contribution in [3.63, 3.8) is 0 Å². The van der Waals surface area contributed by atoms with Crippen molar-refractivity contribution in [2.24, 2.45) is 11.3 Å². The number of carbonyl (C=O) groups excluding carboxylic acids is 2. The van der Waals surface area contributed by atoms with E-state index in [4.69, 9.17) is 0 Å². The fourth-order valence-corrected chi connectivity index (χ4v) is 4.03. The van der Waals surface area contributed by atoms with E-state index < -0.39 is 0 Å². The summed E-state index contributed by atoms with van der Waals surface area (Å²) in [6.07, 6.45) is 1.16. The highest BCUT2D eigenvalue weighted by atomic mass is 16.2. The number of nitrogens with zero attached hydrogens (tertiary/aromatic N) is 1. The van der Waals surface area contributed by atoms with Crippen LogP contribution >= 0.6 is 0 Å². The summed E-state index contributed by atoms with van der Waals surface area (Å²) in [7, 11) is 0. The molecular formula is C21H32N2O2. The van der Waals surface area contributed by atoms with E-state index in [1.807, 2.05) is 26.0 Å². The Morgan fingerprint density at radius 1 is 1.20 bits per heavy atom. The van der Waals surface area contributed by atoms with Crippen LogP contribution in [0.1, 0.15) is 58.6 Å². The fourth-order valence-electron chi connectivity index (χ4n) is 4.03. The molecule has 1 aromatic carbocycles. The molecule has 0 saturated carbocycles. The van der Waals surface area contributed by atoms with Crippen molar-refractivity contribution >= 4 is 17.5 Å². The molecule has 2 amide bonds. The first-order valence-electron chi connectivity index (χ1n) is 9.08. The maximum Gasteiger partial charge on any atom is 0.227 e. The lowest BCUT2D eigenvalue weighted by Crippen LogP contribution is -2.48. The van der Waals surface area contributed by atoms with E-state index in [1.54, 1.807) is 4.90 Å². The molecule has 0 spiro atoms. The topological polar surface area (TPSA) is 49.4 Å². The molecule has 1 aromatic rings. The van der Waals surface area contributed by atoms with Gasteiger partial charge in [-0.15, -0.1) is 0 Å². The van der Waals surface area contributed by atoms with E-state index in [-0.39, 0.29) is 35.1 Å². The molecule has 1 unspecified atom stereocenters. The van der Waals surface area contributed by atoms with Crippen LogP contribution in [0.15, 0.2) is 18.2 Å². The minimum Gasteiger partial charge on any atom is -0.351 e. The molecule has 0 bridgehead atoms. The smallest absolute Gasteiger partial charge is 0.227 e. The molecule has 1 saturated heterocycles. The van der Waals surface area contributed by atoms with Crippen LogP contribution in [0.25, 0.3) is 0 Å². The Morgan fingerprint density at radius 3 is 2.40 bits per heavy atom. The van der Waals surface area contributed by atoms with Crippen LogP contribution in [0, 0.1) is 25.2 Å². The number of hydrogen-bond acceptors (Lipinski definition) is 2. The Morgan fingerprint density at radius 2 is 1.84 bits per heavy atom. The van der Waals surface area contributed by atoms with E-state index in [0.29, 0.717) is 6.54 Å². The third-order valence-electron chi connectivity index (χ3n) is 4.57. The predicted molar refractivity (Wildman–Crippen MR) is 103 cm³/mol. The Bertz CT molecular complexity index is 671. The molecule has 1 N–H and O–H groups in total. The monoisotopic (exact) mass is 344 g/mol. The van der Waals surface area contributed by atoms with Crippen molar-refractivity contribution in [1.82, 2.24) is 5.32 Å². The molecule has 4 heteroatoms. The van der Waals surface area contributed by atoms with Gasteiger partial charge in [0.05, 0.1) is 5.92 Å². The van der Waals surface area contributed by atoms with Gasteiger partial charge in [-0.25, -0.2) is 0 Å². The molecular weight excluding hydrogens is 312 g/mol. The average Bonchev–Trinajstić information content (AvgIpc) is 2.77. The Hall–Kier alpha value is -1.84. The number of hydrogen-bond donors (Lipinski definition) is 1. The molecule has 138 valence electrons. The highest BCUT2D eigenvalue weighted by molar-refractivity contribution is 6.00. The number of carbonyl (C=O) groups is 2. The number of anilines is 1. The predicted octanol–water partition coefficient (Wildman–Crippen LogP) is 3.99. The van der Waals surface area contributed by atoms with Gasteiger partial charge in [0.25, 0.3) is 0 Å². The first-order chi connectivity index (χ1) is 11.4. The van der Waals surface area contributed by atoms with Crippen molar-refractivity contribution in [3.8, 4) is 0 Å². The molecule has 1 fully saturated rings. The van der Waals surface area contributed by atoms with Crippen LogP contribution in [0.4, 0.5) is 5.69 Å². The molecule has 1 aliphatic rings. The minimum atomic E-state index is -0.286. The van der Waals surface area contributed by atoms with Gasteiger partial charge in [0.1, 0.15) is 0 Å². The molecule has 0 aliphatic carbocycles. The summed E-state index contributed by atoms with van der Waals surface area (Å²) >= 11 is 0. The third-order valence-corrected chi connectivity index (χ3v) is 4.57. The lowest BCUT2D eigenvalue weighted by atomic mass is 9.81. The molecule has 1 aliphatic heterocycles. The van der Waals surface area contributed by atoms with Crippen LogP contribution in [0.3, 0.4) is 0 Å². The van der Waals surface area contributed by atoms with Gasteiger partial charge < -0.3 is 10.2 Å². The number of aryl methyl sites for hydroxylation is 2. The van der Waals surface area contributed by atoms with Crippen LogP contribution in [0.5, 0.6) is 0 Å². The van der Waals surface area contributed by atoms with E-state index in [9.17, 15) is 9.59 Å². The van der Waals surface area contributed by atoms with Gasteiger partial charge in [-0.1, -0.05) is 38.5 Å². The summed E-state index contributed by atoms with van der Waals surface area (Å²) < 4.78 is 0. The summed E-state index contributed by atoms with van der Waals surface area (Å²) in [5, 5.41) is 3.15. The van der Waals surface area contributed by atoms with Crippen LogP contribution in [0.2, 0.25) is 0 Å². The van der Waals surface area contributed by atoms with Crippen molar-refractivity contribution in [2.45, 2.75) is 66.8 Å². The van der Waals surface area contributed by atoms with Crippen LogP contribution < -0.4 is 10.2 Å². The summed E-state index contributed by atoms with van der Waals surface area (Å²) in [6.45, 7) is 15.1. The van der Waals surface area contributed by atoms with Gasteiger partial charge in [0, 0.05) is 24.2 Å². The zero-order valence-electron chi connectivity index (χ0n) is 16.7. The van der Waals surface area contributed by atoms with Crippen LogP contribution in [-0.4, -0.2) is 23.9 Å². The first kappa shape index (κ1) is 19.5. The SMILES string of the molecule is Cc1ccc(N2CC(C(=O)NC(C)(C)CC(C)(C)C)CC2=O)c(C)c1. The number of amides is 2. The lowest BCUT2D eigenvalue weighted by Gasteiger charge is -2.34. The van der Waals surface area contributed by atoms with Crippen LogP contribution in [-0.2, 0) is 9.59 Å². The summed E-state index contributed by atoms with van der Waals surface area (Å²) in [5.74, 6) is -0.275. The highest BCUT2D eigenvalue weighted by Crippen LogP contribution is 2.30.